The van der Waals surface area contributed by atoms with Gasteiger partial charge in [-0.25, -0.2) is 4.39 Å². The maximum atomic E-state index is 13.6. The summed E-state index contributed by atoms with van der Waals surface area (Å²) in [5, 5.41) is 0.170. The van der Waals surface area contributed by atoms with E-state index in [2.05, 4.69) is 0 Å². The quantitative estimate of drug-likeness (QED) is 0.693. The van der Waals surface area contributed by atoms with Crippen LogP contribution in [0.25, 0.3) is 0 Å². The fourth-order valence-corrected chi connectivity index (χ4v) is 1.90. The lowest BCUT2D eigenvalue weighted by Gasteiger charge is -2.07. The summed E-state index contributed by atoms with van der Waals surface area (Å²) in [6.45, 7) is 0. The summed E-state index contributed by atoms with van der Waals surface area (Å²) in [7, 11) is 1.36. The monoisotopic (exact) mass is 279 g/mol. The van der Waals surface area contributed by atoms with Gasteiger partial charge >= 0.3 is 0 Å². The minimum atomic E-state index is -0.603. The van der Waals surface area contributed by atoms with Crippen molar-refractivity contribution < 1.29 is 13.9 Å². The van der Waals surface area contributed by atoms with Crippen LogP contribution in [0.15, 0.2) is 36.4 Å². The van der Waals surface area contributed by atoms with Crippen molar-refractivity contribution in [1.82, 2.24) is 0 Å². The summed E-state index contributed by atoms with van der Waals surface area (Å²) in [6, 6.07) is 8.73. The molecule has 0 aromatic heterocycles. The molecule has 0 unspecified atom stereocenters. The minimum absolute atomic E-state index is 0.0789. The lowest BCUT2D eigenvalue weighted by atomic mass is 10.0. The first-order valence-electron chi connectivity index (χ1n) is 5.47. The average Bonchev–Trinajstić information content (AvgIpc) is 2.41. The number of anilines is 1. The second-order valence-corrected chi connectivity index (χ2v) is 4.27. The smallest absolute Gasteiger partial charge is 0.194 e. The third-order valence-electron chi connectivity index (χ3n) is 2.69. The highest BCUT2D eigenvalue weighted by atomic mass is 35.5. The Morgan fingerprint density at radius 1 is 1.32 bits per heavy atom. The van der Waals surface area contributed by atoms with Gasteiger partial charge in [-0.15, -0.1) is 0 Å². The van der Waals surface area contributed by atoms with Gasteiger partial charge in [0.25, 0.3) is 0 Å². The molecule has 0 aliphatic rings. The zero-order valence-corrected chi connectivity index (χ0v) is 10.9. The number of hydrogen-bond acceptors (Lipinski definition) is 3. The number of ether oxygens (including phenoxy) is 1. The summed E-state index contributed by atoms with van der Waals surface area (Å²) >= 11 is 5.97. The van der Waals surface area contributed by atoms with Crippen LogP contribution in [0, 0.1) is 5.82 Å². The standard InChI is InChI=1S/C14H11ClFNO2/c1-19-12-6-5-8(7-10(12)16)14(18)9-3-2-4-11(17)13(9)15/h2-7H,17H2,1H3. The van der Waals surface area contributed by atoms with E-state index >= 15 is 0 Å². The molecule has 0 aliphatic carbocycles. The summed E-state index contributed by atoms with van der Waals surface area (Å²) in [4.78, 5) is 12.2. The van der Waals surface area contributed by atoms with E-state index in [1.165, 1.54) is 19.2 Å². The molecule has 5 heteroatoms. The zero-order chi connectivity index (χ0) is 14.0. The number of rotatable bonds is 3. The Balaban J connectivity index is 2.44. The third kappa shape index (κ3) is 2.53. The highest BCUT2D eigenvalue weighted by molar-refractivity contribution is 6.37. The lowest BCUT2D eigenvalue weighted by molar-refractivity contribution is 0.103. The van der Waals surface area contributed by atoms with Crippen molar-refractivity contribution in [3.05, 3.63) is 58.4 Å². The number of hydrogen-bond donors (Lipinski definition) is 1. The fourth-order valence-electron chi connectivity index (χ4n) is 1.69. The summed E-state index contributed by atoms with van der Waals surface area (Å²) in [5.41, 5.74) is 6.37. The van der Waals surface area contributed by atoms with Gasteiger partial charge in [0.15, 0.2) is 17.3 Å². The van der Waals surface area contributed by atoms with Crippen molar-refractivity contribution in [3.8, 4) is 5.75 Å². The number of carbonyl (C=O) groups is 1. The number of carbonyl (C=O) groups excluding carboxylic acids is 1. The molecule has 2 aromatic rings. The van der Waals surface area contributed by atoms with Crippen molar-refractivity contribution >= 4 is 23.1 Å². The first-order valence-corrected chi connectivity index (χ1v) is 5.84. The van der Waals surface area contributed by atoms with E-state index in [1.807, 2.05) is 0 Å². The molecule has 19 heavy (non-hydrogen) atoms. The molecule has 0 saturated heterocycles. The molecule has 0 amide bonds. The maximum Gasteiger partial charge on any atom is 0.194 e. The summed E-state index contributed by atoms with van der Waals surface area (Å²) in [5.74, 6) is -0.914. The van der Waals surface area contributed by atoms with E-state index in [9.17, 15) is 9.18 Å². The van der Waals surface area contributed by atoms with Crippen molar-refractivity contribution in [1.29, 1.82) is 0 Å². The van der Waals surface area contributed by atoms with Crippen LogP contribution < -0.4 is 10.5 Å². The maximum absolute atomic E-state index is 13.6. The lowest BCUT2D eigenvalue weighted by Crippen LogP contribution is -2.04. The molecule has 98 valence electrons. The van der Waals surface area contributed by atoms with Gasteiger partial charge in [0.2, 0.25) is 0 Å². The second-order valence-electron chi connectivity index (χ2n) is 3.89. The van der Waals surface area contributed by atoms with Crippen LogP contribution in [0.3, 0.4) is 0 Å². The van der Waals surface area contributed by atoms with Crippen molar-refractivity contribution in [2.75, 3.05) is 12.8 Å². The Morgan fingerprint density at radius 2 is 2.05 bits per heavy atom. The molecule has 3 nitrogen and oxygen atoms in total. The molecule has 0 spiro atoms. The summed E-state index contributed by atoms with van der Waals surface area (Å²) in [6.07, 6.45) is 0. The zero-order valence-electron chi connectivity index (χ0n) is 10.1. The van der Waals surface area contributed by atoms with E-state index in [-0.39, 0.29) is 27.7 Å². The van der Waals surface area contributed by atoms with E-state index in [0.717, 1.165) is 6.07 Å². The van der Waals surface area contributed by atoms with E-state index in [4.69, 9.17) is 22.1 Å². The number of ketones is 1. The third-order valence-corrected chi connectivity index (χ3v) is 3.11. The van der Waals surface area contributed by atoms with E-state index in [1.54, 1.807) is 18.2 Å². The van der Waals surface area contributed by atoms with Crippen LogP contribution in [0.4, 0.5) is 10.1 Å². The Labute approximate surface area is 114 Å². The average molecular weight is 280 g/mol. The Kier molecular flexibility index (Phi) is 3.71. The molecule has 0 fully saturated rings. The molecule has 0 aliphatic heterocycles. The second kappa shape index (κ2) is 5.28. The molecular formula is C14H11ClFNO2. The number of halogens is 2. The first-order chi connectivity index (χ1) is 9.04. The molecule has 0 heterocycles. The van der Waals surface area contributed by atoms with Gasteiger partial charge in [-0.1, -0.05) is 17.7 Å². The summed E-state index contributed by atoms with van der Waals surface area (Å²) < 4.78 is 18.4. The number of methoxy groups -OCH3 is 1. The van der Waals surface area contributed by atoms with Gasteiger partial charge in [-0.2, -0.15) is 0 Å². The van der Waals surface area contributed by atoms with Crippen LogP contribution in [0.5, 0.6) is 5.75 Å². The molecule has 0 saturated carbocycles. The van der Waals surface area contributed by atoms with Gasteiger partial charge in [0.05, 0.1) is 17.8 Å². The van der Waals surface area contributed by atoms with Crippen LogP contribution in [-0.4, -0.2) is 12.9 Å². The van der Waals surface area contributed by atoms with E-state index in [0.29, 0.717) is 5.69 Å². The predicted molar refractivity (Wildman–Crippen MR) is 72.2 cm³/mol. The highest BCUT2D eigenvalue weighted by Crippen LogP contribution is 2.26. The van der Waals surface area contributed by atoms with Crippen LogP contribution >= 0.6 is 11.6 Å². The van der Waals surface area contributed by atoms with Gasteiger partial charge in [-0.3, -0.25) is 4.79 Å². The molecular weight excluding hydrogens is 269 g/mol. The van der Waals surface area contributed by atoms with Gasteiger partial charge in [-0.05, 0) is 30.3 Å². The molecule has 2 aromatic carbocycles. The van der Waals surface area contributed by atoms with E-state index < -0.39 is 5.82 Å². The predicted octanol–water partition coefficient (Wildman–Crippen LogP) is 3.30. The highest BCUT2D eigenvalue weighted by Gasteiger charge is 2.16. The number of nitrogen functional groups attached to an aromatic ring is 1. The Morgan fingerprint density at radius 3 is 2.68 bits per heavy atom. The SMILES string of the molecule is COc1ccc(C(=O)c2cccc(N)c2Cl)cc1F. The van der Waals surface area contributed by atoms with Gasteiger partial charge in [0.1, 0.15) is 0 Å². The molecule has 0 bridgehead atoms. The number of benzene rings is 2. The molecule has 2 N–H and O–H groups in total. The molecule has 0 atom stereocenters. The Bertz CT molecular complexity index is 643. The van der Waals surface area contributed by atoms with Crippen LogP contribution in [0.1, 0.15) is 15.9 Å². The first kappa shape index (κ1) is 13.4. The van der Waals surface area contributed by atoms with Crippen molar-refractivity contribution in [3.63, 3.8) is 0 Å². The van der Waals surface area contributed by atoms with Crippen LogP contribution in [0.2, 0.25) is 5.02 Å². The fraction of sp³-hybridized carbons (Fsp3) is 0.0714. The van der Waals surface area contributed by atoms with Crippen LogP contribution in [-0.2, 0) is 0 Å². The topological polar surface area (TPSA) is 52.3 Å². The van der Waals surface area contributed by atoms with Crippen molar-refractivity contribution in [2.45, 2.75) is 0 Å². The minimum Gasteiger partial charge on any atom is -0.494 e. The Hall–Kier alpha value is -2.07. The normalized spacial score (nSPS) is 10.3. The molecule has 2 rings (SSSR count). The van der Waals surface area contributed by atoms with Gasteiger partial charge in [0, 0.05) is 11.1 Å². The molecule has 0 radical (unpaired) electrons. The van der Waals surface area contributed by atoms with Crippen molar-refractivity contribution in [2.24, 2.45) is 0 Å². The number of nitrogens with two attached hydrogens (primary N) is 1. The van der Waals surface area contributed by atoms with Gasteiger partial charge < -0.3 is 10.5 Å². The largest absolute Gasteiger partial charge is 0.494 e.